The molecule has 124 valence electrons. The van der Waals surface area contributed by atoms with Gasteiger partial charge in [-0.05, 0) is 22.9 Å². The lowest BCUT2D eigenvalue weighted by Gasteiger charge is -2.16. The number of ether oxygens (including phenoxy) is 2. The van der Waals surface area contributed by atoms with Gasteiger partial charge in [-0.1, -0.05) is 24.3 Å². The summed E-state index contributed by atoms with van der Waals surface area (Å²) in [5.74, 6) is -0.595. The van der Waals surface area contributed by atoms with Gasteiger partial charge in [0, 0.05) is 13.6 Å². The maximum Gasteiger partial charge on any atom is 0.342 e. The topological polar surface area (TPSA) is 79.6 Å². The van der Waals surface area contributed by atoms with Gasteiger partial charge >= 0.3 is 5.97 Å². The number of amides is 1. The first kappa shape index (κ1) is 17.3. The summed E-state index contributed by atoms with van der Waals surface area (Å²) in [5.41, 5.74) is 0.267. The average Bonchev–Trinajstić information content (AvgIpc) is 2.62. The molecule has 6 heteroatoms. The predicted octanol–water partition coefficient (Wildman–Crippen LogP) is 2.38. The van der Waals surface area contributed by atoms with Crippen LogP contribution >= 0.6 is 0 Å². The van der Waals surface area contributed by atoms with Gasteiger partial charge in [-0.15, -0.1) is 0 Å². The number of carbonyl (C=O) groups excluding carboxylic acids is 2. The van der Waals surface area contributed by atoms with Crippen molar-refractivity contribution >= 4 is 22.6 Å². The number of likely N-dealkylation sites (N-methyl/N-ethyl adjacent to an activating group) is 1. The molecular weight excluding hydrogens is 308 g/mol. The summed E-state index contributed by atoms with van der Waals surface area (Å²) in [7, 11) is 3.03. The molecule has 2 aromatic carbocycles. The van der Waals surface area contributed by atoms with Crippen molar-refractivity contribution in [2.45, 2.75) is 6.42 Å². The lowest BCUT2D eigenvalue weighted by Crippen LogP contribution is -2.32. The highest BCUT2D eigenvalue weighted by Crippen LogP contribution is 2.26. The Bertz CT molecular complexity index is 795. The molecule has 0 radical (unpaired) electrons. The summed E-state index contributed by atoms with van der Waals surface area (Å²) >= 11 is 0. The molecule has 0 saturated heterocycles. The zero-order valence-corrected chi connectivity index (χ0v) is 13.6. The molecule has 0 aromatic heterocycles. The lowest BCUT2D eigenvalue weighted by molar-refractivity contribution is -0.133. The molecule has 0 aliphatic rings. The van der Waals surface area contributed by atoms with Crippen molar-refractivity contribution in [1.82, 2.24) is 4.90 Å². The Morgan fingerprint density at radius 2 is 1.88 bits per heavy atom. The molecule has 0 aliphatic carbocycles. The molecule has 6 nitrogen and oxygen atoms in total. The van der Waals surface area contributed by atoms with Crippen molar-refractivity contribution in [2.24, 2.45) is 0 Å². The Morgan fingerprint density at radius 3 is 2.50 bits per heavy atom. The Balaban J connectivity index is 2.11. The SMILES string of the molecule is COc1cc2ccccc2cc1C(=O)OCC(=O)N(C)CCC#N. The maximum absolute atomic E-state index is 12.3. The molecule has 0 spiro atoms. The van der Waals surface area contributed by atoms with E-state index in [-0.39, 0.29) is 24.5 Å². The normalized spacial score (nSPS) is 10.0. The summed E-state index contributed by atoms with van der Waals surface area (Å²) in [4.78, 5) is 25.5. The molecule has 0 atom stereocenters. The average molecular weight is 326 g/mol. The molecule has 2 aromatic rings. The minimum atomic E-state index is -0.625. The summed E-state index contributed by atoms with van der Waals surface area (Å²) < 4.78 is 10.3. The van der Waals surface area contributed by atoms with Gasteiger partial charge in [-0.25, -0.2) is 4.79 Å². The molecule has 0 fully saturated rings. The van der Waals surface area contributed by atoms with Crippen LogP contribution in [0.3, 0.4) is 0 Å². The van der Waals surface area contributed by atoms with E-state index in [9.17, 15) is 9.59 Å². The van der Waals surface area contributed by atoms with Crippen LogP contribution in [0.2, 0.25) is 0 Å². The Labute approximate surface area is 140 Å². The van der Waals surface area contributed by atoms with Crippen molar-refractivity contribution in [3.8, 4) is 11.8 Å². The number of nitriles is 1. The van der Waals surface area contributed by atoms with E-state index < -0.39 is 5.97 Å². The van der Waals surface area contributed by atoms with E-state index in [4.69, 9.17) is 14.7 Å². The molecule has 2 rings (SSSR count). The van der Waals surface area contributed by atoms with Crippen LogP contribution < -0.4 is 4.74 Å². The van der Waals surface area contributed by atoms with Gasteiger partial charge in [0.25, 0.3) is 5.91 Å². The standard InChI is InChI=1S/C18H18N2O4/c1-20(9-5-8-19)17(21)12-24-18(22)15-10-13-6-3-4-7-14(13)11-16(15)23-2/h3-4,6-7,10-11H,5,9,12H2,1-2H3. The van der Waals surface area contributed by atoms with Crippen LogP contribution in [0.1, 0.15) is 16.8 Å². The van der Waals surface area contributed by atoms with Crippen molar-refractivity contribution < 1.29 is 19.1 Å². The molecule has 1 amide bonds. The molecule has 0 N–H and O–H groups in total. The highest BCUT2D eigenvalue weighted by molar-refractivity contribution is 5.99. The highest BCUT2D eigenvalue weighted by Gasteiger charge is 2.17. The van der Waals surface area contributed by atoms with Crippen LogP contribution in [0.5, 0.6) is 5.75 Å². The monoisotopic (exact) mass is 326 g/mol. The third-order valence-corrected chi connectivity index (χ3v) is 3.60. The summed E-state index contributed by atoms with van der Waals surface area (Å²) in [5, 5.41) is 10.3. The smallest absolute Gasteiger partial charge is 0.342 e. The largest absolute Gasteiger partial charge is 0.496 e. The lowest BCUT2D eigenvalue weighted by atomic mass is 10.1. The van der Waals surface area contributed by atoms with Crippen LogP contribution in [0.4, 0.5) is 0 Å². The van der Waals surface area contributed by atoms with Crippen LogP contribution in [0.25, 0.3) is 10.8 Å². The van der Waals surface area contributed by atoms with Gasteiger partial charge < -0.3 is 14.4 Å². The number of rotatable bonds is 6. The van der Waals surface area contributed by atoms with E-state index in [0.29, 0.717) is 12.3 Å². The van der Waals surface area contributed by atoms with Gasteiger partial charge in [-0.3, -0.25) is 4.79 Å². The van der Waals surface area contributed by atoms with E-state index in [1.807, 2.05) is 30.3 Å². The van der Waals surface area contributed by atoms with Gasteiger partial charge in [0.2, 0.25) is 0 Å². The Morgan fingerprint density at radius 1 is 1.21 bits per heavy atom. The van der Waals surface area contributed by atoms with Gasteiger partial charge in [0.05, 0.1) is 19.6 Å². The second kappa shape index (κ2) is 7.97. The Hall–Kier alpha value is -3.07. The first-order valence-corrected chi connectivity index (χ1v) is 7.41. The van der Waals surface area contributed by atoms with Gasteiger partial charge in [0.15, 0.2) is 6.61 Å². The second-order valence-electron chi connectivity index (χ2n) is 5.20. The number of esters is 1. The quantitative estimate of drug-likeness (QED) is 0.761. The molecule has 0 heterocycles. The van der Waals surface area contributed by atoms with Gasteiger partial charge in [0.1, 0.15) is 11.3 Å². The zero-order chi connectivity index (χ0) is 17.5. The number of methoxy groups -OCH3 is 1. The molecule has 0 bridgehead atoms. The second-order valence-corrected chi connectivity index (χ2v) is 5.20. The van der Waals surface area contributed by atoms with Crippen molar-refractivity contribution in [3.63, 3.8) is 0 Å². The fourth-order valence-electron chi connectivity index (χ4n) is 2.21. The molecule has 0 saturated carbocycles. The molecule has 0 unspecified atom stereocenters. The van der Waals surface area contributed by atoms with Crippen LogP contribution in [0, 0.1) is 11.3 Å². The third-order valence-electron chi connectivity index (χ3n) is 3.60. The minimum Gasteiger partial charge on any atom is -0.496 e. The summed E-state index contributed by atoms with van der Waals surface area (Å²) in [6, 6.07) is 13.0. The highest BCUT2D eigenvalue weighted by atomic mass is 16.5. The zero-order valence-electron chi connectivity index (χ0n) is 13.6. The number of hydrogen-bond acceptors (Lipinski definition) is 5. The van der Waals surface area contributed by atoms with E-state index in [0.717, 1.165) is 10.8 Å². The minimum absolute atomic E-state index is 0.231. The predicted molar refractivity (Wildman–Crippen MR) is 88.6 cm³/mol. The van der Waals surface area contributed by atoms with E-state index >= 15 is 0 Å². The first-order chi connectivity index (χ1) is 11.6. The third kappa shape index (κ3) is 4.02. The van der Waals surface area contributed by atoms with Crippen LogP contribution in [-0.4, -0.2) is 44.1 Å². The first-order valence-electron chi connectivity index (χ1n) is 7.41. The van der Waals surface area contributed by atoms with E-state index in [1.54, 1.807) is 19.2 Å². The van der Waals surface area contributed by atoms with Crippen LogP contribution in [0.15, 0.2) is 36.4 Å². The van der Waals surface area contributed by atoms with Gasteiger partial charge in [-0.2, -0.15) is 5.26 Å². The fourth-order valence-corrected chi connectivity index (χ4v) is 2.21. The number of nitrogens with zero attached hydrogens (tertiary/aromatic N) is 2. The van der Waals surface area contributed by atoms with E-state index in [2.05, 4.69) is 0 Å². The van der Waals surface area contributed by atoms with Crippen molar-refractivity contribution in [2.75, 3.05) is 27.3 Å². The number of carbonyl (C=O) groups is 2. The number of hydrogen-bond donors (Lipinski definition) is 0. The number of benzene rings is 2. The molecule has 0 aliphatic heterocycles. The fraction of sp³-hybridized carbons (Fsp3) is 0.278. The van der Waals surface area contributed by atoms with E-state index in [1.165, 1.54) is 12.0 Å². The van der Waals surface area contributed by atoms with Crippen molar-refractivity contribution in [1.29, 1.82) is 5.26 Å². The van der Waals surface area contributed by atoms with Crippen molar-refractivity contribution in [3.05, 3.63) is 42.0 Å². The molecule has 24 heavy (non-hydrogen) atoms. The van der Waals surface area contributed by atoms with Crippen LogP contribution in [-0.2, 0) is 9.53 Å². The maximum atomic E-state index is 12.3. The molecular formula is C18H18N2O4. The Kier molecular flexibility index (Phi) is 5.74. The summed E-state index contributed by atoms with van der Waals surface area (Å²) in [6.07, 6.45) is 0.231. The summed E-state index contributed by atoms with van der Waals surface area (Å²) in [6.45, 7) is -0.0804. The number of fused-ring (bicyclic) bond motifs is 1.